The predicted octanol–water partition coefficient (Wildman–Crippen LogP) is 2.64. The summed E-state index contributed by atoms with van der Waals surface area (Å²) in [6, 6.07) is -0.573. The Hall–Kier alpha value is -2.11. The van der Waals surface area contributed by atoms with Gasteiger partial charge in [0.2, 0.25) is 5.91 Å². The van der Waals surface area contributed by atoms with Crippen LogP contribution in [0, 0.1) is 13.8 Å². The van der Waals surface area contributed by atoms with Crippen molar-refractivity contribution in [1.82, 2.24) is 9.88 Å². The number of aryl methyl sites for hydroxylation is 1. The maximum absolute atomic E-state index is 12.8. The van der Waals surface area contributed by atoms with E-state index in [1.165, 1.54) is 0 Å². The van der Waals surface area contributed by atoms with Crippen molar-refractivity contribution in [2.75, 3.05) is 13.2 Å². The monoisotopic (exact) mass is 322 g/mol. The van der Waals surface area contributed by atoms with Gasteiger partial charge in [-0.25, -0.2) is 4.79 Å². The van der Waals surface area contributed by atoms with Gasteiger partial charge in [-0.05, 0) is 40.2 Å². The van der Waals surface area contributed by atoms with Gasteiger partial charge in [-0.1, -0.05) is 6.92 Å². The van der Waals surface area contributed by atoms with Gasteiger partial charge < -0.3 is 14.6 Å². The van der Waals surface area contributed by atoms with Crippen molar-refractivity contribution < 1.29 is 19.1 Å². The van der Waals surface area contributed by atoms with Crippen LogP contribution in [0.1, 0.15) is 66.2 Å². The van der Waals surface area contributed by atoms with Crippen molar-refractivity contribution in [1.29, 1.82) is 0 Å². The number of hydrogen-bond donors (Lipinski definition) is 1. The lowest BCUT2D eigenvalue weighted by molar-refractivity contribution is -0.131. The summed E-state index contributed by atoms with van der Waals surface area (Å²) in [6.45, 7) is 11.3. The van der Waals surface area contributed by atoms with Crippen LogP contribution in [0.4, 0.5) is 0 Å². The minimum atomic E-state index is -0.573. The summed E-state index contributed by atoms with van der Waals surface area (Å²) in [5.41, 5.74) is 1.94. The molecule has 1 N–H and O–H groups in total. The minimum absolute atomic E-state index is 0.0650. The average Bonchev–Trinajstić information content (AvgIpc) is 2.82. The minimum Gasteiger partial charge on any atom is -0.461 e. The van der Waals surface area contributed by atoms with Crippen molar-refractivity contribution in [3.05, 3.63) is 22.5 Å². The molecule has 128 valence electrons. The predicted molar refractivity (Wildman–Crippen MR) is 87.7 cm³/mol. The first-order valence-corrected chi connectivity index (χ1v) is 7.99. The van der Waals surface area contributed by atoms with Gasteiger partial charge in [-0.3, -0.25) is 9.59 Å². The van der Waals surface area contributed by atoms with E-state index in [9.17, 15) is 14.4 Å². The summed E-state index contributed by atoms with van der Waals surface area (Å²) in [5.74, 6) is -0.711. The molecule has 6 heteroatoms. The van der Waals surface area contributed by atoms with Crippen molar-refractivity contribution >= 4 is 17.7 Å². The molecule has 0 aliphatic heterocycles. The summed E-state index contributed by atoms with van der Waals surface area (Å²) >= 11 is 0. The Morgan fingerprint density at radius 1 is 1.17 bits per heavy atom. The van der Waals surface area contributed by atoms with E-state index in [1.807, 2.05) is 6.92 Å². The van der Waals surface area contributed by atoms with E-state index in [0.717, 1.165) is 0 Å². The number of nitrogens with one attached hydrogen (secondary N) is 1. The highest BCUT2D eigenvalue weighted by atomic mass is 16.5. The number of ketones is 1. The number of ether oxygens (including phenoxy) is 1. The fourth-order valence-corrected chi connectivity index (χ4v) is 2.75. The lowest BCUT2D eigenvalue weighted by atomic mass is 9.99. The van der Waals surface area contributed by atoms with Gasteiger partial charge in [0, 0.05) is 24.2 Å². The average molecular weight is 322 g/mol. The van der Waals surface area contributed by atoms with Crippen LogP contribution in [0.25, 0.3) is 0 Å². The Balaban J connectivity index is 3.18. The molecule has 0 aliphatic carbocycles. The maximum Gasteiger partial charge on any atom is 0.355 e. The number of aromatic nitrogens is 1. The SMILES string of the molecule is CCOC(=O)c1[nH]c(C)c(C(=O)C(C)N(CC)C(=O)CC)c1C. The second kappa shape index (κ2) is 7.94. The molecule has 1 atom stereocenters. The molecule has 0 saturated heterocycles. The van der Waals surface area contributed by atoms with E-state index >= 15 is 0 Å². The Bertz CT molecular complexity index is 604. The number of hydrogen-bond acceptors (Lipinski definition) is 4. The number of likely N-dealkylation sites (N-methyl/N-ethyl adjacent to an activating group) is 1. The van der Waals surface area contributed by atoms with Crippen LogP contribution in [-0.4, -0.2) is 46.7 Å². The number of rotatable bonds is 7. The number of Topliss-reactive ketones (excluding diaryl/α,β-unsaturated/α-hetero) is 1. The van der Waals surface area contributed by atoms with Crippen molar-refractivity contribution in [3.63, 3.8) is 0 Å². The first-order chi connectivity index (χ1) is 10.8. The fraction of sp³-hybridized carbons (Fsp3) is 0.588. The molecule has 0 aromatic carbocycles. The molecule has 23 heavy (non-hydrogen) atoms. The molecule has 1 unspecified atom stereocenters. The number of carbonyl (C=O) groups is 3. The zero-order chi connectivity index (χ0) is 17.7. The summed E-state index contributed by atoms with van der Waals surface area (Å²) in [6.07, 6.45) is 0.352. The van der Waals surface area contributed by atoms with Gasteiger partial charge in [-0.15, -0.1) is 0 Å². The molecule has 1 amide bonds. The van der Waals surface area contributed by atoms with E-state index < -0.39 is 12.0 Å². The number of nitrogens with zero attached hydrogens (tertiary/aromatic N) is 1. The number of esters is 1. The molecule has 0 bridgehead atoms. The first kappa shape index (κ1) is 18.9. The Morgan fingerprint density at radius 2 is 1.78 bits per heavy atom. The summed E-state index contributed by atoms with van der Waals surface area (Å²) in [5, 5.41) is 0. The highest BCUT2D eigenvalue weighted by Gasteiger charge is 2.29. The number of aromatic amines is 1. The second-order valence-corrected chi connectivity index (χ2v) is 5.42. The molecule has 0 radical (unpaired) electrons. The summed E-state index contributed by atoms with van der Waals surface area (Å²) in [4.78, 5) is 41.2. The van der Waals surface area contributed by atoms with Crippen LogP contribution in [0.3, 0.4) is 0 Å². The van der Waals surface area contributed by atoms with Crippen molar-refractivity contribution in [2.24, 2.45) is 0 Å². The highest BCUT2D eigenvalue weighted by molar-refractivity contribution is 6.06. The van der Waals surface area contributed by atoms with Crippen LogP contribution in [0.15, 0.2) is 0 Å². The second-order valence-electron chi connectivity index (χ2n) is 5.42. The Kier molecular flexibility index (Phi) is 6.54. The zero-order valence-electron chi connectivity index (χ0n) is 14.8. The lowest BCUT2D eigenvalue weighted by Gasteiger charge is -2.27. The number of H-pyrrole nitrogens is 1. The number of carbonyl (C=O) groups excluding carboxylic acids is 3. The summed E-state index contributed by atoms with van der Waals surface area (Å²) < 4.78 is 5.00. The molecule has 1 aromatic heterocycles. The van der Waals surface area contributed by atoms with Crippen LogP contribution >= 0.6 is 0 Å². The molecule has 1 heterocycles. The lowest BCUT2D eigenvalue weighted by Crippen LogP contribution is -2.43. The smallest absolute Gasteiger partial charge is 0.355 e. The maximum atomic E-state index is 12.8. The van der Waals surface area contributed by atoms with Crippen LogP contribution in [-0.2, 0) is 9.53 Å². The van der Waals surface area contributed by atoms with Gasteiger partial charge >= 0.3 is 5.97 Å². The molecule has 0 fully saturated rings. The van der Waals surface area contributed by atoms with E-state index in [4.69, 9.17) is 4.74 Å². The molecule has 0 aliphatic rings. The first-order valence-electron chi connectivity index (χ1n) is 7.99. The molecular formula is C17H26N2O4. The van der Waals surface area contributed by atoms with Crippen molar-refractivity contribution in [3.8, 4) is 0 Å². The van der Waals surface area contributed by atoms with Gasteiger partial charge in [-0.2, -0.15) is 0 Å². The molecule has 0 spiro atoms. The fourth-order valence-electron chi connectivity index (χ4n) is 2.75. The standard InChI is InChI=1S/C17H26N2O4/c1-7-13(20)19(8-2)12(6)16(21)14-10(4)15(18-11(14)5)17(22)23-9-3/h12,18H,7-9H2,1-6H3. The largest absolute Gasteiger partial charge is 0.461 e. The number of amides is 1. The van der Waals surface area contributed by atoms with E-state index in [-0.39, 0.29) is 18.3 Å². The van der Waals surface area contributed by atoms with E-state index in [2.05, 4.69) is 4.98 Å². The quantitative estimate of drug-likeness (QED) is 0.618. The van der Waals surface area contributed by atoms with Crippen LogP contribution < -0.4 is 0 Å². The topological polar surface area (TPSA) is 79.5 Å². The molecule has 1 aromatic rings. The van der Waals surface area contributed by atoms with Gasteiger partial charge in [0.1, 0.15) is 5.69 Å². The van der Waals surface area contributed by atoms with Gasteiger partial charge in [0.05, 0.1) is 12.6 Å². The molecular weight excluding hydrogens is 296 g/mol. The van der Waals surface area contributed by atoms with E-state index in [0.29, 0.717) is 35.5 Å². The molecule has 1 rings (SSSR count). The van der Waals surface area contributed by atoms with E-state index in [1.54, 1.807) is 39.5 Å². The van der Waals surface area contributed by atoms with Crippen LogP contribution in [0.2, 0.25) is 0 Å². The Morgan fingerprint density at radius 3 is 2.26 bits per heavy atom. The normalized spacial score (nSPS) is 11.9. The molecule has 6 nitrogen and oxygen atoms in total. The third-order valence-corrected chi connectivity index (χ3v) is 3.97. The molecule has 0 saturated carbocycles. The van der Waals surface area contributed by atoms with Crippen LogP contribution in [0.5, 0.6) is 0 Å². The van der Waals surface area contributed by atoms with Gasteiger partial charge in [0.25, 0.3) is 0 Å². The highest BCUT2D eigenvalue weighted by Crippen LogP contribution is 2.22. The summed E-state index contributed by atoms with van der Waals surface area (Å²) in [7, 11) is 0. The third-order valence-electron chi connectivity index (χ3n) is 3.97. The third kappa shape index (κ3) is 3.81. The van der Waals surface area contributed by atoms with Crippen molar-refractivity contribution in [2.45, 2.75) is 54.0 Å². The van der Waals surface area contributed by atoms with Gasteiger partial charge in [0.15, 0.2) is 5.78 Å². The zero-order valence-corrected chi connectivity index (χ0v) is 14.8. The Labute approximate surface area is 137 Å².